The van der Waals surface area contributed by atoms with E-state index in [0.29, 0.717) is 5.92 Å². The van der Waals surface area contributed by atoms with Crippen molar-refractivity contribution in [2.75, 3.05) is 20.1 Å². The number of likely N-dealkylation sites (N-methyl/N-ethyl adjacent to an activating group) is 1. The Bertz CT molecular complexity index is 708. The molecule has 2 nitrogen and oxygen atoms in total. The second-order valence-electron chi connectivity index (χ2n) is 6.13. The average molecular weight is 277 g/mol. The molecule has 21 heavy (non-hydrogen) atoms. The molecule has 0 aromatic heterocycles. The molecule has 4 rings (SSSR count). The molecular formula is C19H19NO. The molecule has 0 N–H and O–H groups in total. The van der Waals surface area contributed by atoms with Crippen LogP contribution in [0.25, 0.3) is 0 Å². The molecule has 1 saturated heterocycles. The van der Waals surface area contributed by atoms with Crippen molar-refractivity contribution < 1.29 is 4.74 Å². The van der Waals surface area contributed by atoms with Gasteiger partial charge in [-0.3, -0.25) is 0 Å². The van der Waals surface area contributed by atoms with E-state index in [9.17, 15) is 0 Å². The van der Waals surface area contributed by atoms with Crippen molar-refractivity contribution in [2.45, 2.75) is 11.3 Å². The van der Waals surface area contributed by atoms with Gasteiger partial charge >= 0.3 is 0 Å². The lowest BCUT2D eigenvalue weighted by molar-refractivity contribution is 0.388. The van der Waals surface area contributed by atoms with Crippen LogP contribution in [-0.2, 0) is 5.41 Å². The third kappa shape index (κ3) is 1.69. The maximum Gasteiger partial charge on any atom is 0.131 e. The Balaban J connectivity index is 2.04. The molecule has 0 aliphatic carbocycles. The monoisotopic (exact) mass is 277 g/mol. The first-order valence-electron chi connectivity index (χ1n) is 7.43. The van der Waals surface area contributed by atoms with Gasteiger partial charge in [-0.25, -0.2) is 0 Å². The zero-order chi connectivity index (χ0) is 14.4. The summed E-state index contributed by atoms with van der Waals surface area (Å²) in [6, 6.07) is 16.8. The number of nitrogens with zero attached hydrogens (tertiary/aromatic N) is 1. The molecular weight excluding hydrogens is 258 g/mol. The summed E-state index contributed by atoms with van der Waals surface area (Å²) in [6.07, 6.45) is 2.13. The molecule has 2 heteroatoms. The highest BCUT2D eigenvalue weighted by Gasteiger charge is 2.49. The maximum atomic E-state index is 6.23. The van der Waals surface area contributed by atoms with Gasteiger partial charge in [0.2, 0.25) is 0 Å². The largest absolute Gasteiger partial charge is 0.457 e. The zero-order valence-corrected chi connectivity index (χ0v) is 12.3. The van der Waals surface area contributed by atoms with Crippen molar-refractivity contribution in [3.8, 4) is 11.5 Å². The first-order valence-corrected chi connectivity index (χ1v) is 7.43. The van der Waals surface area contributed by atoms with E-state index in [2.05, 4.69) is 61.0 Å². The second kappa shape index (κ2) is 4.47. The Labute approximate surface area is 125 Å². The van der Waals surface area contributed by atoms with E-state index in [1.807, 2.05) is 12.1 Å². The van der Waals surface area contributed by atoms with Gasteiger partial charge in [-0.05, 0) is 19.2 Å². The van der Waals surface area contributed by atoms with Crippen LogP contribution in [0, 0.1) is 0 Å². The van der Waals surface area contributed by atoms with E-state index in [1.165, 1.54) is 11.1 Å². The minimum Gasteiger partial charge on any atom is -0.457 e. The summed E-state index contributed by atoms with van der Waals surface area (Å²) < 4.78 is 6.23. The van der Waals surface area contributed by atoms with Crippen LogP contribution in [0.1, 0.15) is 17.0 Å². The van der Waals surface area contributed by atoms with E-state index in [-0.39, 0.29) is 5.41 Å². The fourth-order valence-corrected chi connectivity index (χ4v) is 3.98. The average Bonchev–Trinajstić information content (AvgIpc) is 2.81. The van der Waals surface area contributed by atoms with E-state index in [1.54, 1.807) is 0 Å². The Hall–Kier alpha value is -2.06. The first kappa shape index (κ1) is 12.7. The summed E-state index contributed by atoms with van der Waals surface area (Å²) >= 11 is 0. The predicted octanol–water partition coefficient (Wildman–Crippen LogP) is 3.95. The zero-order valence-electron chi connectivity index (χ0n) is 12.3. The molecule has 2 aliphatic heterocycles. The van der Waals surface area contributed by atoms with Crippen LogP contribution in [0.5, 0.6) is 11.5 Å². The second-order valence-corrected chi connectivity index (χ2v) is 6.13. The normalized spacial score (nSPS) is 27.0. The molecule has 1 fully saturated rings. The lowest BCUT2D eigenvalue weighted by atomic mass is 9.70. The van der Waals surface area contributed by atoms with Crippen LogP contribution < -0.4 is 4.74 Å². The highest BCUT2D eigenvalue weighted by atomic mass is 16.5. The van der Waals surface area contributed by atoms with E-state index < -0.39 is 0 Å². The number of fused-ring (bicyclic) bond motifs is 5. The van der Waals surface area contributed by atoms with Gasteiger partial charge in [0.1, 0.15) is 11.5 Å². The summed E-state index contributed by atoms with van der Waals surface area (Å²) in [5.74, 6) is 2.33. The van der Waals surface area contributed by atoms with E-state index in [0.717, 1.165) is 24.6 Å². The number of rotatable bonds is 1. The lowest BCUT2D eigenvalue weighted by Crippen LogP contribution is -2.31. The Morgan fingerprint density at radius 2 is 1.86 bits per heavy atom. The molecule has 0 saturated carbocycles. The van der Waals surface area contributed by atoms with Gasteiger partial charge in [0.25, 0.3) is 0 Å². The van der Waals surface area contributed by atoms with Gasteiger partial charge < -0.3 is 9.64 Å². The number of benzene rings is 2. The molecule has 106 valence electrons. The standard InChI is InChI=1S/C19H19NO/c1-3-19-13-20(2)12-16(19)14-8-4-6-10-17(14)21-18-11-7-5-9-15(18)19/h3-11,16H,1,12-13H2,2H3/t16-,19-/m1/s1. The molecule has 2 aliphatic rings. The van der Waals surface area contributed by atoms with Crippen molar-refractivity contribution in [1.29, 1.82) is 0 Å². The SMILES string of the molecule is C=C[C@]12CN(C)C[C@@H]1c1ccccc1Oc1ccccc12. The number of hydrogen-bond donors (Lipinski definition) is 0. The fourth-order valence-electron chi connectivity index (χ4n) is 3.98. The summed E-state index contributed by atoms with van der Waals surface area (Å²) in [4.78, 5) is 2.39. The van der Waals surface area contributed by atoms with Crippen molar-refractivity contribution >= 4 is 0 Å². The Kier molecular flexibility index (Phi) is 2.69. The molecule has 2 heterocycles. The number of para-hydroxylation sites is 2. The molecule has 0 spiro atoms. The Morgan fingerprint density at radius 3 is 2.67 bits per heavy atom. The van der Waals surface area contributed by atoms with Crippen LogP contribution in [0.2, 0.25) is 0 Å². The minimum atomic E-state index is -0.0715. The van der Waals surface area contributed by atoms with E-state index in [4.69, 9.17) is 4.74 Å². The number of likely N-dealkylation sites (tertiary alicyclic amines) is 1. The van der Waals surface area contributed by atoms with Crippen LogP contribution in [-0.4, -0.2) is 25.0 Å². The van der Waals surface area contributed by atoms with E-state index >= 15 is 0 Å². The van der Waals surface area contributed by atoms with Gasteiger partial charge in [0, 0.05) is 35.5 Å². The molecule has 0 unspecified atom stereocenters. The topological polar surface area (TPSA) is 12.5 Å². The van der Waals surface area contributed by atoms with Gasteiger partial charge in [-0.15, -0.1) is 6.58 Å². The van der Waals surface area contributed by atoms with Crippen LogP contribution in [0.4, 0.5) is 0 Å². The third-order valence-electron chi connectivity index (χ3n) is 4.91. The quantitative estimate of drug-likeness (QED) is 0.732. The van der Waals surface area contributed by atoms with Crippen molar-refractivity contribution in [2.24, 2.45) is 0 Å². The van der Waals surface area contributed by atoms with Crippen LogP contribution in [0.15, 0.2) is 61.2 Å². The molecule has 2 atom stereocenters. The molecule has 2 aromatic rings. The van der Waals surface area contributed by atoms with Crippen molar-refractivity contribution in [3.63, 3.8) is 0 Å². The summed E-state index contributed by atoms with van der Waals surface area (Å²) in [7, 11) is 2.19. The predicted molar refractivity (Wildman–Crippen MR) is 85.1 cm³/mol. The van der Waals surface area contributed by atoms with Crippen LogP contribution >= 0.6 is 0 Å². The highest BCUT2D eigenvalue weighted by Crippen LogP contribution is 2.53. The van der Waals surface area contributed by atoms with Gasteiger partial charge in [0.15, 0.2) is 0 Å². The molecule has 0 amide bonds. The lowest BCUT2D eigenvalue weighted by Gasteiger charge is -2.31. The van der Waals surface area contributed by atoms with Gasteiger partial charge in [0.05, 0.1) is 0 Å². The van der Waals surface area contributed by atoms with Crippen LogP contribution in [0.3, 0.4) is 0 Å². The minimum absolute atomic E-state index is 0.0715. The van der Waals surface area contributed by atoms with Gasteiger partial charge in [-0.1, -0.05) is 42.5 Å². The maximum absolute atomic E-state index is 6.23. The van der Waals surface area contributed by atoms with Crippen molar-refractivity contribution in [1.82, 2.24) is 4.90 Å². The number of ether oxygens (including phenoxy) is 1. The first-order chi connectivity index (χ1) is 10.2. The Morgan fingerprint density at radius 1 is 1.14 bits per heavy atom. The van der Waals surface area contributed by atoms with Gasteiger partial charge in [-0.2, -0.15) is 0 Å². The summed E-state index contributed by atoms with van der Waals surface area (Å²) in [6.45, 7) is 6.19. The summed E-state index contributed by atoms with van der Waals surface area (Å²) in [5, 5.41) is 0. The molecule has 0 bridgehead atoms. The van der Waals surface area contributed by atoms with Crippen molar-refractivity contribution in [3.05, 3.63) is 72.3 Å². The smallest absolute Gasteiger partial charge is 0.131 e. The summed E-state index contributed by atoms with van der Waals surface area (Å²) in [5.41, 5.74) is 2.47. The number of hydrogen-bond acceptors (Lipinski definition) is 2. The third-order valence-corrected chi connectivity index (χ3v) is 4.91. The fraction of sp³-hybridized carbons (Fsp3) is 0.263. The molecule has 0 radical (unpaired) electrons. The molecule has 2 aromatic carbocycles. The highest BCUT2D eigenvalue weighted by molar-refractivity contribution is 5.55.